The molecule has 0 N–H and O–H groups in total. The second-order valence-corrected chi connectivity index (χ2v) is 7.59. The zero-order valence-corrected chi connectivity index (χ0v) is 13.3. The highest BCUT2D eigenvalue weighted by molar-refractivity contribution is 7.83. The van der Waals surface area contributed by atoms with Crippen molar-refractivity contribution in [3.05, 3.63) is 29.6 Å². The summed E-state index contributed by atoms with van der Waals surface area (Å²) in [6.07, 6.45) is 1.56. The Kier molecular flexibility index (Phi) is 4.11. The number of benzene rings is 1. The molecule has 0 spiro atoms. The molecule has 1 unspecified atom stereocenters. The van der Waals surface area contributed by atoms with Crippen LogP contribution >= 0.6 is 0 Å². The molecule has 1 heterocycles. The van der Waals surface area contributed by atoms with Gasteiger partial charge in [0, 0.05) is 17.1 Å². The van der Waals surface area contributed by atoms with E-state index in [2.05, 4.69) is 0 Å². The van der Waals surface area contributed by atoms with Crippen LogP contribution in [0.1, 0.15) is 33.3 Å². The van der Waals surface area contributed by atoms with E-state index in [-0.39, 0.29) is 11.6 Å². The van der Waals surface area contributed by atoms with E-state index in [1.165, 1.54) is 6.07 Å². The molecule has 0 saturated carbocycles. The van der Waals surface area contributed by atoms with Crippen LogP contribution in [0, 0.1) is 5.82 Å². The fourth-order valence-electron chi connectivity index (χ4n) is 2.05. The first-order valence-corrected chi connectivity index (χ1v) is 8.29. The van der Waals surface area contributed by atoms with Crippen molar-refractivity contribution in [2.45, 2.75) is 44.6 Å². The van der Waals surface area contributed by atoms with Crippen molar-refractivity contribution in [1.82, 2.24) is 0 Å². The summed E-state index contributed by atoms with van der Waals surface area (Å²) >= 11 is 0. The molecule has 0 bridgehead atoms. The maximum Gasteiger partial charge on any atom is 0.494 e. The van der Waals surface area contributed by atoms with Crippen molar-refractivity contribution in [2.24, 2.45) is 0 Å². The lowest BCUT2D eigenvalue weighted by atomic mass is 9.78. The lowest BCUT2D eigenvalue weighted by Gasteiger charge is -2.32. The number of hydrogen-bond donors (Lipinski definition) is 0. The monoisotopic (exact) mass is 298 g/mol. The van der Waals surface area contributed by atoms with Gasteiger partial charge in [-0.2, -0.15) is 0 Å². The zero-order chi connectivity index (χ0) is 15.1. The molecular weight excluding hydrogens is 278 g/mol. The van der Waals surface area contributed by atoms with E-state index in [9.17, 15) is 8.60 Å². The Morgan fingerprint density at radius 1 is 1.20 bits per heavy atom. The van der Waals surface area contributed by atoms with E-state index >= 15 is 0 Å². The Balaban J connectivity index is 2.29. The van der Waals surface area contributed by atoms with E-state index in [4.69, 9.17) is 9.31 Å². The van der Waals surface area contributed by atoms with Gasteiger partial charge >= 0.3 is 7.12 Å². The molecule has 1 aromatic rings. The summed E-state index contributed by atoms with van der Waals surface area (Å²) in [5.74, 6) is -0.153. The van der Waals surface area contributed by atoms with E-state index < -0.39 is 29.1 Å². The van der Waals surface area contributed by atoms with E-state index in [0.717, 1.165) is 5.46 Å². The van der Waals surface area contributed by atoms with Gasteiger partial charge < -0.3 is 9.31 Å². The fourth-order valence-corrected chi connectivity index (χ4v) is 2.71. The highest BCUT2D eigenvalue weighted by Gasteiger charge is 2.51. The lowest BCUT2D eigenvalue weighted by molar-refractivity contribution is 0.00578. The molecular formula is C14H20BFO3S. The van der Waals surface area contributed by atoms with E-state index in [1.807, 2.05) is 27.7 Å². The molecule has 0 amide bonds. The van der Waals surface area contributed by atoms with Gasteiger partial charge in [0.25, 0.3) is 0 Å². The van der Waals surface area contributed by atoms with Crippen molar-refractivity contribution in [3.8, 4) is 0 Å². The second kappa shape index (κ2) is 5.24. The predicted octanol–water partition coefficient (Wildman–Crippen LogP) is 2.00. The lowest BCUT2D eigenvalue weighted by Crippen LogP contribution is -2.41. The van der Waals surface area contributed by atoms with Crippen molar-refractivity contribution in [2.75, 3.05) is 6.26 Å². The fraction of sp³-hybridized carbons (Fsp3) is 0.571. The molecule has 0 radical (unpaired) electrons. The summed E-state index contributed by atoms with van der Waals surface area (Å²) in [6.45, 7) is 7.88. The first-order valence-electron chi connectivity index (χ1n) is 6.56. The Bertz CT molecular complexity index is 529. The van der Waals surface area contributed by atoms with Gasteiger partial charge in [0.05, 0.1) is 17.0 Å². The zero-order valence-electron chi connectivity index (χ0n) is 12.5. The average molecular weight is 298 g/mol. The predicted molar refractivity (Wildman–Crippen MR) is 79.9 cm³/mol. The van der Waals surface area contributed by atoms with Gasteiger partial charge in [-0.3, -0.25) is 4.21 Å². The normalized spacial score (nSPS) is 22.0. The Morgan fingerprint density at radius 2 is 1.75 bits per heavy atom. The Hall–Kier alpha value is -0.715. The number of halogens is 1. The molecule has 1 aliphatic heterocycles. The Morgan fingerprint density at radius 3 is 2.25 bits per heavy atom. The maximum absolute atomic E-state index is 13.7. The number of rotatable bonds is 3. The summed E-state index contributed by atoms with van der Waals surface area (Å²) in [6, 6.07) is 4.71. The minimum Gasteiger partial charge on any atom is -0.399 e. The summed E-state index contributed by atoms with van der Waals surface area (Å²) < 4.78 is 36.8. The highest BCUT2D eigenvalue weighted by Crippen LogP contribution is 2.36. The van der Waals surface area contributed by atoms with Crippen LogP contribution in [0.2, 0.25) is 0 Å². The van der Waals surface area contributed by atoms with Crippen LogP contribution in [0.4, 0.5) is 4.39 Å². The van der Waals surface area contributed by atoms with Crippen LogP contribution in [0.3, 0.4) is 0 Å². The minimum atomic E-state index is -1.09. The smallest absolute Gasteiger partial charge is 0.399 e. The molecule has 3 nitrogen and oxygen atoms in total. The highest BCUT2D eigenvalue weighted by atomic mass is 32.2. The summed E-state index contributed by atoms with van der Waals surface area (Å²) in [5.41, 5.74) is 0.322. The third kappa shape index (κ3) is 2.97. The quantitative estimate of drug-likeness (QED) is 0.801. The molecule has 1 saturated heterocycles. The molecule has 1 aliphatic rings. The molecule has 1 aromatic carbocycles. The van der Waals surface area contributed by atoms with Crippen LogP contribution in [0.15, 0.2) is 18.2 Å². The van der Waals surface area contributed by atoms with Gasteiger partial charge in [-0.05, 0) is 44.8 Å². The first kappa shape index (κ1) is 15.7. The van der Waals surface area contributed by atoms with Gasteiger partial charge in [0.2, 0.25) is 0 Å². The van der Waals surface area contributed by atoms with Crippen molar-refractivity contribution in [3.63, 3.8) is 0 Å². The van der Waals surface area contributed by atoms with Crippen LogP contribution < -0.4 is 5.46 Å². The summed E-state index contributed by atoms with van der Waals surface area (Å²) in [5, 5.41) is 0. The number of hydrogen-bond acceptors (Lipinski definition) is 3. The van der Waals surface area contributed by atoms with Gasteiger partial charge in [-0.15, -0.1) is 0 Å². The van der Waals surface area contributed by atoms with Crippen LogP contribution in [-0.2, 0) is 25.9 Å². The molecule has 0 aromatic heterocycles. The first-order chi connectivity index (χ1) is 9.12. The van der Waals surface area contributed by atoms with Gasteiger partial charge in [-0.1, -0.05) is 12.1 Å². The van der Waals surface area contributed by atoms with Crippen molar-refractivity contribution >= 4 is 23.4 Å². The average Bonchev–Trinajstić information content (AvgIpc) is 2.50. The van der Waals surface area contributed by atoms with E-state index in [1.54, 1.807) is 18.4 Å². The van der Waals surface area contributed by atoms with Gasteiger partial charge in [0.15, 0.2) is 0 Å². The maximum atomic E-state index is 13.7. The van der Waals surface area contributed by atoms with Crippen molar-refractivity contribution < 1.29 is 17.9 Å². The largest absolute Gasteiger partial charge is 0.494 e. The van der Waals surface area contributed by atoms with Crippen LogP contribution in [-0.4, -0.2) is 28.8 Å². The standard InChI is InChI=1S/C14H20BFO3S/c1-13(2)14(3,4)19-15(18-13)11-6-7-12(16)10(8-11)9-20(5)17/h6-8H,9H2,1-5H3. The molecule has 1 atom stereocenters. The van der Waals surface area contributed by atoms with E-state index in [0.29, 0.717) is 5.56 Å². The Labute approximate surface area is 122 Å². The molecule has 110 valence electrons. The van der Waals surface area contributed by atoms with Crippen molar-refractivity contribution in [1.29, 1.82) is 0 Å². The molecule has 1 fully saturated rings. The van der Waals surface area contributed by atoms with Gasteiger partial charge in [0.1, 0.15) is 5.82 Å². The molecule has 6 heteroatoms. The van der Waals surface area contributed by atoms with Gasteiger partial charge in [-0.25, -0.2) is 4.39 Å². The second-order valence-electron chi connectivity index (χ2n) is 6.16. The third-order valence-electron chi connectivity index (χ3n) is 3.95. The SMILES string of the molecule is CS(=O)Cc1cc(B2OC(C)(C)C(C)(C)O2)ccc1F. The summed E-state index contributed by atoms with van der Waals surface area (Å²) in [4.78, 5) is 0. The molecule has 0 aliphatic carbocycles. The minimum absolute atomic E-state index is 0.194. The topological polar surface area (TPSA) is 35.5 Å². The summed E-state index contributed by atoms with van der Waals surface area (Å²) in [7, 11) is -1.61. The molecule has 20 heavy (non-hydrogen) atoms. The van der Waals surface area contributed by atoms with Crippen LogP contribution in [0.25, 0.3) is 0 Å². The molecule has 2 rings (SSSR count). The third-order valence-corrected chi connectivity index (χ3v) is 4.67. The van der Waals surface area contributed by atoms with Crippen LogP contribution in [0.5, 0.6) is 0 Å².